The van der Waals surface area contributed by atoms with Gasteiger partial charge in [-0.15, -0.1) is 0 Å². The SMILES string of the molecule is O=c1[nH]cnc(Cc2noc(-c3ccc(C#Cc4ccc(CN5CCOCC5)cc4)cc3)n2)c1O. The quantitative estimate of drug-likeness (QED) is 0.428. The van der Waals surface area contributed by atoms with Crippen LogP contribution >= 0.6 is 0 Å². The van der Waals surface area contributed by atoms with Crippen molar-refractivity contribution in [2.75, 3.05) is 26.3 Å². The first-order chi connectivity index (χ1) is 17.1. The summed E-state index contributed by atoms with van der Waals surface area (Å²) in [7, 11) is 0. The molecule has 3 heterocycles. The Bertz CT molecular complexity index is 1410. The van der Waals surface area contributed by atoms with Gasteiger partial charge in [-0.3, -0.25) is 9.69 Å². The Morgan fingerprint density at radius 1 is 1.00 bits per heavy atom. The molecular weight excluding hydrogens is 446 g/mol. The Morgan fingerprint density at radius 2 is 1.69 bits per heavy atom. The second-order valence-electron chi connectivity index (χ2n) is 8.13. The molecule has 1 aliphatic heterocycles. The van der Waals surface area contributed by atoms with Gasteiger partial charge in [-0.25, -0.2) is 4.98 Å². The molecule has 176 valence electrons. The summed E-state index contributed by atoms with van der Waals surface area (Å²) in [6, 6.07) is 15.8. The highest BCUT2D eigenvalue weighted by Crippen LogP contribution is 2.19. The summed E-state index contributed by atoms with van der Waals surface area (Å²) in [5.74, 6) is 6.57. The summed E-state index contributed by atoms with van der Waals surface area (Å²) in [4.78, 5) is 24.5. The van der Waals surface area contributed by atoms with Crippen molar-refractivity contribution < 1.29 is 14.4 Å². The van der Waals surface area contributed by atoms with Crippen molar-refractivity contribution in [1.82, 2.24) is 25.0 Å². The highest BCUT2D eigenvalue weighted by molar-refractivity contribution is 5.55. The Kier molecular flexibility index (Phi) is 6.66. The largest absolute Gasteiger partial charge is 0.502 e. The van der Waals surface area contributed by atoms with E-state index < -0.39 is 11.3 Å². The summed E-state index contributed by atoms with van der Waals surface area (Å²) < 4.78 is 10.7. The van der Waals surface area contributed by atoms with Gasteiger partial charge in [0.2, 0.25) is 5.75 Å². The van der Waals surface area contributed by atoms with Crippen LogP contribution < -0.4 is 5.56 Å². The molecule has 0 saturated carbocycles. The van der Waals surface area contributed by atoms with Gasteiger partial charge >= 0.3 is 0 Å². The van der Waals surface area contributed by atoms with E-state index >= 15 is 0 Å². The molecular formula is C26H23N5O4. The zero-order valence-electron chi connectivity index (χ0n) is 18.9. The molecule has 35 heavy (non-hydrogen) atoms. The molecule has 9 nitrogen and oxygen atoms in total. The molecule has 5 rings (SSSR count). The van der Waals surface area contributed by atoms with Crippen molar-refractivity contribution >= 4 is 0 Å². The van der Waals surface area contributed by atoms with Gasteiger partial charge in [0.25, 0.3) is 11.4 Å². The minimum absolute atomic E-state index is 0.0774. The predicted molar refractivity (Wildman–Crippen MR) is 128 cm³/mol. The minimum atomic E-state index is -0.612. The summed E-state index contributed by atoms with van der Waals surface area (Å²) in [5.41, 5.74) is 3.40. The van der Waals surface area contributed by atoms with E-state index in [0.717, 1.165) is 49.5 Å². The molecule has 0 atom stereocenters. The average Bonchev–Trinajstić information content (AvgIpc) is 3.36. The van der Waals surface area contributed by atoms with Gasteiger partial charge in [-0.1, -0.05) is 29.1 Å². The van der Waals surface area contributed by atoms with Crippen molar-refractivity contribution in [2.24, 2.45) is 0 Å². The van der Waals surface area contributed by atoms with Crippen LogP contribution in [-0.4, -0.2) is 56.4 Å². The van der Waals surface area contributed by atoms with Crippen LogP contribution in [-0.2, 0) is 17.7 Å². The van der Waals surface area contributed by atoms with Gasteiger partial charge in [0.15, 0.2) is 5.82 Å². The van der Waals surface area contributed by atoms with Gasteiger partial charge in [-0.2, -0.15) is 4.98 Å². The number of ether oxygens (including phenoxy) is 1. The molecule has 2 aromatic heterocycles. The van der Waals surface area contributed by atoms with E-state index in [-0.39, 0.29) is 12.1 Å². The third kappa shape index (κ3) is 5.63. The molecule has 1 aliphatic rings. The average molecular weight is 470 g/mol. The molecule has 2 N–H and O–H groups in total. The van der Waals surface area contributed by atoms with Crippen LogP contribution in [0.4, 0.5) is 0 Å². The topological polar surface area (TPSA) is 117 Å². The van der Waals surface area contributed by atoms with E-state index in [1.807, 2.05) is 36.4 Å². The number of aromatic hydroxyl groups is 1. The summed E-state index contributed by atoms with van der Waals surface area (Å²) in [6.45, 7) is 4.47. The van der Waals surface area contributed by atoms with Crippen LogP contribution in [0.25, 0.3) is 11.5 Å². The molecule has 0 aliphatic carbocycles. The number of benzene rings is 2. The monoisotopic (exact) mass is 469 g/mol. The Hall–Kier alpha value is -4.26. The maximum absolute atomic E-state index is 11.5. The first kappa shape index (κ1) is 22.5. The molecule has 9 heteroatoms. The van der Waals surface area contributed by atoms with Crippen molar-refractivity contribution in [2.45, 2.75) is 13.0 Å². The fraction of sp³-hybridized carbons (Fsp3) is 0.231. The predicted octanol–water partition coefficient (Wildman–Crippen LogP) is 2.35. The van der Waals surface area contributed by atoms with Gasteiger partial charge in [0.05, 0.1) is 31.7 Å². The number of hydrogen-bond acceptors (Lipinski definition) is 8. The Balaban J connectivity index is 1.21. The van der Waals surface area contributed by atoms with Crippen LogP contribution in [0.2, 0.25) is 0 Å². The zero-order chi connectivity index (χ0) is 24.0. The van der Waals surface area contributed by atoms with Crippen molar-refractivity contribution in [3.63, 3.8) is 0 Å². The number of rotatable bonds is 5. The van der Waals surface area contributed by atoms with Gasteiger partial charge < -0.3 is 19.4 Å². The molecule has 2 aromatic carbocycles. The molecule has 1 fully saturated rings. The lowest BCUT2D eigenvalue weighted by atomic mass is 10.1. The van der Waals surface area contributed by atoms with Gasteiger partial charge in [0.1, 0.15) is 0 Å². The number of nitrogens with zero attached hydrogens (tertiary/aromatic N) is 4. The van der Waals surface area contributed by atoms with Crippen molar-refractivity contribution in [3.8, 4) is 29.0 Å². The lowest BCUT2D eigenvalue weighted by Crippen LogP contribution is -2.35. The lowest BCUT2D eigenvalue weighted by molar-refractivity contribution is 0.0342. The first-order valence-electron chi connectivity index (χ1n) is 11.2. The molecule has 0 amide bonds. The van der Waals surface area contributed by atoms with E-state index in [1.165, 1.54) is 11.9 Å². The normalized spacial score (nSPS) is 13.8. The highest BCUT2D eigenvalue weighted by atomic mass is 16.5. The van der Waals surface area contributed by atoms with Gasteiger partial charge in [-0.05, 0) is 42.0 Å². The maximum Gasteiger partial charge on any atom is 0.293 e. The Labute approximate surface area is 201 Å². The van der Waals surface area contributed by atoms with Crippen LogP contribution in [0.15, 0.2) is 64.2 Å². The van der Waals surface area contributed by atoms with Crippen molar-refractivity contribution in [1.29, 1.82) is 0 Å². The molecule has 4 aromatic rings. The summed E-state index contributed by atoms with van der Waals surface area (Å²) in [6.07, 6.45) is 1.30. The fourth-order valence-corrected chi connectivity index (χ4v) is 3.70. The number of nitrogens with one attached hydrogen (secondary N) is 1. The number of morpholine rings is 1. The van der Waals surface area contributed by atoms with E-state index in [1.54, 1.807) is 0 Å². The molecule has 0 bridgehead atoms. The van der Waals surface area contributed by atoms with Crippen LogP contribution in [0.5, 0.6) is 5.75 Å². The smallest absolute Gasteiger partial charge is 0.293 e. The molecule has 0 radical (unpaired) electrons. The van der Waals surface area contributed by atoms with E-state index in [4.69, 9.17) is 9.26 Å². The van der Waals surface area contributed by atoms with E-state index in [9.17, 15) is 9.90 Å². The Morgan fingerprint density at radius 3 is 2.40 bits per heavy atom. The van der Waals surface area contributed by atoms with Crippen LogP contribution in [0.1, 0.15) is 28.2 Å². The molecule has 0 unspecified atom stereocenters. The third-order valence-corrected chi connectivity index (χ3v) is 5.64. The third-order valence-electron chi connectivity index (χ3n) is 5.64. The number of aromatic nitrogens is 4. The van der Waals surface area contributed by atoms with Crippen LogP contribution in [0.3, 0.4) is 0 Å². The maximum atomic E-state index is 11.5. The molecule has 0 spiro atoms. The fourth-order valence-electron chi connectivity index (χ4n) is 3.70. The summed E-state index contributed by atoms with van der Waals surface area (Å²) in [5, 5.41) is 13.7. The molecule has 1 saturated heterocycles. The standard InChI is InChI=1S/C26H23N5O4/c32-24-22(27-17-28-25(24)33)15-23-29-26(35-30-23)21-9-7-19(8-10-21)2-1-18-3-5-20(6-4-18)16-31-11-13-34-14-12-31/h3-10,17,32H,11-16H2,(H,27,28,33). The zero-order valence-corrected chi connectivity index (χ0v) is 18.9. The number of hydrogen-bond donors (Lipinski definition) is 2. The lowest BCUT2D eigenvalue weighted by Gasteiger charge is -2.26. The highest BCUT2D eigenvalue weighted by Gasteiger charge is 2.14. The van der Waals surface area contributed by atoms with Crippen molar-refractivity contribution in [3.05, 3.63) is 93.4 Å². The summed E-state index contributed by atoms with van der Waals surface area (Å²) >= 11 is 0. The van der Waals surface area contributed by atoms with Gasteiger partial charge in [0, 0.05) is 36.3 Å². The second kappa shape index (κ2) is 10.3. The first-order valence-corrected chi connectivity index (χ1v) is 11.2. The van der Waals surface area contributed by atoms with Crippen LogP contribution in [0, 0.1) is 11.8 Å². The minimum Gasteiger partial charge on any atom is -0.502 e. The number of H-pyrrole nitrogens is 1. The number of aromatic amines is 1. The van der Waals surface area contributed by atoms with E-state index in [0.29, 0.717) is 11.7 Å². The van der Waals surface area contributed by atoms with E-state index in [2.05, 4.69) is 49.0 Å². The second-order valence-corrected chi connectivity index (χ2v) is 8.13.